The van der Waals surface area contributed by atoms with Crippen LogP contribution in [0.3, 0.4) is 0 Å². The first-order valence-electron chi connectivity index (χ1n) is 6.34. The van der Waals surface area contributed by atoms with Crippen LogP contribution in [0.4, 0.5) is 10.5 Å². The summed E-state index contributed by atoms with van der Waals surface area (Å²) < 4.78 is 5.42. The molecule has 3 nitrogen and oxygen atoms in total. The fourth-order valence-electron chi connectivity index (χ4n) is 2.37. The zero-order valence-corrected chi connectivity index (χ0v) is 10.7. The molecular weight excluding hydrogens is 238 g/mol. The van der Waals surface area contributed by atoms with Crippen molar-refractivity contribution < 1.29 is 9.53 Å². The van der Waals surface area contributed by atoms with Crippen molar-refractivity contribution in [1.29, 1.82) is 0 Å². The number of amides is 1. The molecule has 1 heterocycles. The molecule has 0 saturated carbocycles. The number of aryl methyl sites for hydroxylation is 1. The number of ether oxygens (including phenoxy) is 1. The van der Waals surface area contributed by atoms with Crippen molar-refractivity contribution in [3.63, 3.8) is 0 Å². The largest absolute Gasteiger partial charge is 0.441 e. The molecule has 19 heavy (non-hydrogen) atoms. The van der Waals surface area contributed by atoms with Crippen LogP contribution < -0.4 is 5.32 Å². The monoisotopic (exact) mass is 253 g/mol. The van der Waals surface area contributed by atoms with Gasteiger partial charge in [0, 0.05) is 12.0 Å². The van der Waals surface area contributed by atoms with E-state index in [1.807, 2.05) is 49.4 Å². The van der Waals surface area contributed by atoms with Gasteiger partial charge in [0.05, 0.1) is 5.69 Å². The van der Waals surface area contributed by atoms with E-state index in [1.54, 1.807) is 0 Å². The molecule has 0 aromatic heterocycles. The standard InChI is InChI=1S/C16H15NO2/c1-11-7-8-14-13(9-11)15(19-16(18)17-14)10-12-5-3-2-4-6-12/h2-9,15H,10H2,1H3,(H,17,18). The molecule has 0 spiro atoms. The summed E-state index contributed by atoms with van der Waals surface area (Å²) in [5.41, 5.74) is 4.22. The van der Waals surface area contributed by atoms with Gasteiger partial charge >= 0.3 is 6.09 Å². The van der Waals surface area contributed by atoms with Crippen LogP contribution in [0.1, 0.15) is 22.8 Å². The number of anilines is 1. The van der Waals surface area contributed by atoms with Gasteiger partial charge in [0.25, 0.3) is 0 Å². The van der Waals surface area contributed by atoms with Crippen LogP contribution in [0.2, 0.25) is 0 Å². The number of hydrogen-bond acceptors (Lipinski definition) is 2. The van der Waals surface area contributed by atoms with Crippen molar-refractivity contribution in [2.75, 3.05) is 5.32 Å². The summed E-state index contributed by atoms with van der Waals surface area (Å²) in [7, 11) is 0. The third kappa shape index (κ3) is 2.45. The Labute approximate surface area is 112 Å². The van der Waals surface area contributed by atoms with Crippen LogP contribution in [-0.4, -0.2) is 6.09 Å². The summed E-state index contributed by atoms with van der Waals surface area (Å²) in [4.78, 5) is 11.6. The van der Waals surface area contributed by atoms with E-state index in [9.17, 15) is 4.79 Å². The maximum Gasteiger partial charge on any atom is 0.412 e. The van der Waals surface area contributed by atoms with Gasteiger partial charge in [-0.2, -0.15) is 0 Å². The lowest BCUT2D eigenvalue weighted by molar-refractivity contribution is 0.106. The van der Waals surface area contributed by atoms with Gasteiger partial charge in [-0.1, -0.05) is 48.0 Å². The molecule has 2 aromatic carbocycles. The van der Waals surface area contributed by atoms with Crippen molar-refractivity contribution in [2.24, 2.45) is 0 Å². The highest BCUT2D eigenvalue weighted by Gasteiger charge is 2.26. The lowest BCUT2D eigenvalue weighted by Crippen LogP contribution is -2.25. The zero-order chi connectivity index (χ0) is 13.2. The molecule has 3 rings (SSSR count). The fourth-order valence-corrected chi connectivity index (χ4v) is 2.37. The number of hydrogen-bond donors (Lipinski definition) is 1. The third-order valence-corrected chi connectivity index (χ3v) is 3.30. The average Bonchev–Trinajstić information content (AvgIpc) is 2.41. The first-order chi connectivity index (χ1) is 9.22. The van der Waals surface area contributed by atoms with E-state index in [-0.39, 0.29) is 12.2 Å². The Kier molecular flexibility index (Phi) is 2.95. The van der Waals surface area contributed by atoms with Gasteiger partial charge in [0.1, 0.15) is 6.10 Å². The fraction of sp³-hybridized carbons (Fsp3) is 0.188. The van der Waals surface area contributed by atoms with Gasteiger partial charge in [0.2, 0.25) is 0 Å². The predicted molar refractivity (Wildman–Crippen MR) is 74.2 cm³/mol. The summed E-state index contributed by atoms with van der Waals surface area (Å²) in [5.74, 6) is 0. The first-order valence-corrected chi connectivity index (χ1v) is 6.34. The molecule has 1 amide bonds. The highest BCUT2D eigenvalue weighted by Crippen LogP contribution is 2.33. The second-order valence-electron chi connectivity index (χ2n) is 4.80. The second kappa shape index (κ2) is 4.76. The van der Waals surface area contributed by atoms with E-state index >= 15 is 0 Å². The van der Waals surface area contributed by atoms with Crippen LogP contribution in [-0.2, 0) is 11.2 Å². The van der Waals surface area contributed by atoms with E-state index in [0.29, 0.717) is 6.42 Å². The smallest absolute Gasteiger partial charge is 0.412 e. The minimum absolute atomic E-state index is 0.217. The molecule has 3 heteroatoms. The van der Waals surface area contributed by atoms with E-state index in [0.717, 1.165) is 22.4 Å². The van der Waals surface area contributed by atoms with Crippen molar-refractivity contribution in [3.05, 3.63) is 65.2 Å². The van der Waals surface area contributed by atoms with Crippen LogP contribution in [0.25, 0.3) is 0 Å². The molecule has 0 bridgehead atoms. The Morgan fingerprint density at radius 2 is 1.95 bits per heavy atom. The number of benzene rings is 2. The van der Waals surface area contributed by atoms with E-state index in [2.05, 4.69) is 11.4 Å². The summed E-state index contributed by atoms with van der Waals surface area (Å²) >= 11 is 0. The predicted octanol–water partition coefficient (Wildman–Crippen LogP) is 3.84. The minimum Gasteiger partial charge on any atom is -0.441 e. The summed E-state index contributed by atoms with van der Waals surface area (Å²) in [5, 5.41) is 2.74. The quantitative estimate of drug-likeness (QED) is 0.883. The van der Waals surface area contributed by atoms with Gasteiger partial charge in [-0.15, -0.1) is 0 Å². The highest BCUT2D eigenvalue weighted by molar-refractivity contribution is 5.88. The topological polar surface area (TPSA) is 38.3 Å². The highest BCUT2D eigenvalue weighted by atomic mass is 16.6. The molecule has 0 fully saturated rings. The van der Waals surface area contributed by atoms with Crippen molar-refractivity contribution in [3.8, 4) is 0 Å². The third-order valence-electron chi connectivity index (χ3n) is 3.30. The van der Waals surface area contributed by atoms with Crippen molar-refractivity contribution in [2.45, 2.75) is 19.4 Å². The van der Waals surface area contributed by atoms with Crippen LogP contribution in [0.15, 0.2) is 48.5 Å². The van der Waals surface area contributed by atoms with Crippen molar-refractivity contribution in [1.82, 2.24) is 0 Å². The number of nitrogens with one attached hydrogen (secondary N) is 1. The second-order valence-corrected chi connectivity index (χ2v) is 4.80. The molecule has 1 aliphatic rings. The number of fused-ring (bicyclic) bond motifs is 1. The molecule has 1 N–H and O–H groups in total. The molecule has 0 radical (unpaired) electrons. The lowest BCUT2D eigenvalue weighted by Gasteiger charge is -2.26. The Morgan fingerprint density at radius 3 is 2.74 bits per heavy atom. The summed E-state index contributed by atoms with van der Waals surface area (Å²) in [6.07, 6.45) is 0.105. The van der Waals surface area contributed by atoms with Gasteiger partial charge in [-0.3, -0.25) is 5.32 Å². The molecule has 1 atom stereocenters. The number of rotatable bonds is 2. The van der Waals surface area contributed by atoms with Crippen molar-refractivity contribution >= 4 is 11.8 Å². The molecule has 96 valence electrons. The molecular formula is C16H15NO2. The Hall–Kier alpha value is -2.29. The Morgan fingerprint density at radius 1 is 1.16 bits per heavy atom. The van der Waals surface area contributed by atoms with Gasteiger partial charge < -0.3 is 4.74 Å². The van der Waals surface area contributed by atoms with Gasteiger partial charge in [0.15, 0.2) is 0 Å². The number of cyclic esters (lactones) is 1. The maximum atomic E-state index is 11.6. The number of carbonyl (C=O) groups excluding carboxylic acids is 1. The van der Waals surface area contributed by atoms with E-state index in [4.69, 9.17) is 4.74 Å². The summed E-state index contributed by atoms with van der Waals surface area (Å²) in [6, 6.07) is 16.1. The molecule has 2 aromatic rings. The molecule has 1 aliphatic heterocycles. The van der Waals surface area contributed by atoms with E-state index in [1.165, 1.54) is 0 Å². The SMILES string of the molecule is Cc1ccc2c(c1)C(Cc1ccccc1)OC(=O)N2. The molecule has 0 aliphatic carbocycles. The lowest BCUT2D eigenvalue weighted by atomic mass is 9.97. The average molecular weight is 253 g/mol. The minimum atomic E-state index is -0.378. The Balaban J connectivity index is 1.94. The van der Waals surface area contributed by atoms with E-state index < -0.39 is 0 Å². The van der Waals surface area contributed by atoms with Crippen LogP contribution in [0.5, 0.6) is 0 Å². The van der Waals surface area contributed by atoms with Gasteiger partial charge in [-0.05, 0) is 18.6 Å². The van der Waals surface area contributed by atoms with Gasteiger partial charge in [-0.25, -0.2) is 4.79 Å². The molecule has 1 unspecified atom stereocenters. The molecule has 0 saturated heterocycles. The van der Waals surface area contributed by atoms with Crippen LogP contribution >= 0.6 is 0 Å². The Bertz CT molecular complexity index is 607. The maximum absolute atomic E-state index is 11.6. The first kappa shape index (κ1) is 11.8. The van der Waals surface area contributed by atoms with Crippen LogP contribution in [0, 0.1) is 6.92 Å². The normalized spacial score (nSPS) is 17.3. The number of carbonyl (C=O) groups is 1. The summed E-state index contributed by atoms with van der Waals surface area (Å²) in [6.45, 7) is 2.04. The zero-order valence-electron chi connectivity index (χ0n) is 10.7.